The van der Waals surface area contributed by atoms with Crippen LogP contribution in [0, 0.1) is 11.8 Å². The van der Waals surface area contributed by atoms with E-state index in [9.17, 15) is 8.42 Å². The summed E-state index contributed by atoms with van der Waals surface area (Å²) < 4.78 is 23.1. The first-order valence-corrected chi connectivity index (χ1v) is 8.61. The Kier molecular flexibility index (Phi) is 4.44. The number of sulfone groups is 1. The minimum absolute atomic E-state index is 0.199. The van der Waals surface area contributed by atoms with Crippen molar-refractivity contribution in [2.75, 3.05) is 11.5 Å². The topological polar surface area (TPSA) is 72.2 Å². The van der Waals surface area contributed by atoms with Crippen molar-refractivity contribution in [2.24, 2.45) is 17.7 Å². The summed E-state index contributed by atoms with van der Waals surface area (Å²) in [5.41, 5.74) is 2.91. The van der Waals surface area contributed by atoms with Crippen LogP contribution < -0.4 is 11.3 Å². The first-order valence-electron chi connectivity index (χ1n) is 6.79. The van der Waals surface area contributed by atoms with Crippen LogP contribution in [0.2, 0.25) is 0 Å². The Morgan fingerprint density at radius 1 is 1.00 bits per heavy atom. The lowest BCUT2D eigenvalue weighted by molar-refractivity contribution is 0.252. The molecule has 0 amide bonds. The zero-order valence-corrected chi connectivity index (χ0v) is 11.2. The molecule has 2 rings (SSSR count). The van der Waals surface area contributed by atoms with Gasteiger partial charge in [-0.3, -0.25) is 11.3 Å². The van der Waals surface area contributed by atoms with Gasteiger partial charge in [-0.1, -0.05) is 25.7 Å². The molecular formula is C12H24N2O2S. The van der Waals surface area contributed by atoms with Crippen molar-refractivity contribution in [3.8, 4) is 0 Å². The van der Waals surface area contributed by atoms with Gasteiger partial charge in [0, 0.05) is 6.04 Å². The molecule has 5 heteroatoms. The molecule has 0 aromatic rings. The third-order valence-electron chi connectivity index (χ3n) is 4.38. The molecule has 0 spiro atoms. The van der Waals surface area contributed by atoms with Gasteiger partial charge >= 0.3 is 0 Å². The number of hydrogen-bond donors (Lipinski definition) is 2. The van der Waals surface area contributed by atoms with Crippen molar-refractivity contribution in [3.63, 3.8) is 0 Å². The van der Waals surface area contributed by atoms with Crippen LogP contribution in [0.3, 0.4) is 0 Å². The van der Waals surface area contributed by atoms with Crippen LogP contribution in [0.5, 0.6) is 0 Å². The molecule has 1 aliphatic carbocycles. The number of nitrogens with one attached hydrogen (secondary N) is 1. The summed E-state index contributed by atoms with van der Waals surface area (Å²) in [5, 5.41) is 0. The Morgan fingerprint density at radius 3 is 2.12 bits per heavy atom. The van der Waals surface area contributed by atoms with Crippen molar-refractivity contribution in [1.82, 2.24) is 5.43 Å². The van der Waals surface area contributed by atoms with E-state index in [1.807, 2.05) is 0 Å². The lowest BCUT2D eigenvalue weighted by Crippen LogP contribution is -2.46. The summed E-state index contributed by atoms with van der Waals surface area (Å²) in [5.74, 6) is 7.16. The van der Waals surface area contributed by atoms with Crippen LogP contribution in [0.25, 0.3) is 0 Å². The van der Waals surface area contributed by atoms with Gasteiger partial charge in [-0.15, -0.1) is 0 Å². The first kappa shape index (κ1) is 13.3. The van der Waals surface area contributed by atoms with E-state index >= 15 is 0 Å². The molecule has 0 radical (unpaired) electrons. The first-order chi connectivity index (χ1) is 8.12. The highest BCUT2D eigenvalue weighted by atomic mass is 32.2. The van der Waals surface area contributed by atoms with E-state index in [-0.39, 0.29) is 12.0 Å². The van der Waals surface area contributed by atoms with Gasteiger partial charge in [0.25, 0.3) is 0 Å². The van der Waals surface area contributed by atoms with E-state index in [1.54, 1.807) is 0 Å². The Balaban J connectivity index is 2.00. The third kappa shape index (κ3) is 3.42. The highest BCUT2D eigenvalue weighted by Crippen LogP contribution is 2.32. The second-order valence-electron chi connectivity index (χ2n) is 5.61. The standard InChI is InChI=1S/C12H24N2O2S/c13-14-12(10-5-3-1-2-4-6-10)11-7-8-17(15,16)9-11/h10-12,14H,1-9,13H2. The summed E-state index contributed by atoms with van der Waals surface area (Å²) in [6.07, 6.45) is 8.35. The molecule has 2 fully saturated rings. The zero-order valence-electron chi connectivity index (χ0n) is 10.4. The van der Waals surface area contributed by atoms with E-state index < -0.39 is 9.84 Å². The monoisotopic (exact) mass is 260 g/mol. The van der Waals surface area contributed by atoms with E-state index in [1.165, 1.54) is 38.5 Å². The third-order valence-corrected chi connectivity index (χ3v) is 6.17. The van der Waals surface area contributed by atoms with Gasteiger partial charge in [0.15, 0.2) is 9.84 Å². The SMILES string of the molecule is NNC(C1CCCCCC1)C1CCS(=O)(=O)C1. The van der Waals surface area contributed by atoms with E-state index in [0.717, 1.165) is 6.42 Å². The second kappa shape index (κ2) is 5.67. The van der Waals surface area contributed by atoms with Crippen LogP contribution in [-0.4, -0.2) is 26.0 Å². The molecule has 4 nitrogen and oxygen atoms in total. The fourth-order valence-electron chi connectivity index (χ4n) is 3.43. The second-order valence-corrected chi connectivity index (χ2v) is 7.84. The molecule has 2 aliphatic rings. The van der Waals surface area contributed by atoms with Crippen molar-refractivity contribution < 1.29 is 8.42 Å². The fraction of sp³-hybridized carbons (Fsp3) is 1.00. The average molecular weight is 260 g/mol. The minimum Gasteiger partial charge on any atom is -0.271 e. The molecular weight excluding hydrogens is 236 g/mol. The largest absolute Gasteiger partial charge is 0.271 e. The molecule has 0 aromatic carbocycles. The molecule has 100 valence electrons. The summed E-state index contributed by atoms with van der Waals surface area (Å²) in [6, 6.07) is 0.199. The number of hydrogen-bond acceptors (Lipinski definition) is 4. The van der Waals surface area contributed by atoms with Gasteiger partial charge in [-0.05, 0) is 31.1 Å². The lowest BCUT2D eigenvalue weighted by atomic mass is 9.83. The van der Waals surface area contributed by atoms with Crippen molar-refractivity contribution in [1.29, 1.82) is 0 Å². The van der Waals surface area contributed by atoms with Gasteiger partial charge in [0.1, 0.15) is 0 Å². The zero-order chi connectivity index (χ0) is 12.3. The molecule has 1 aliphatic heterocycles. The van der Waals surface area contributed by atoms with Crippen molar-refractivity contribution >= 4 is 9.84 Å². The Morgan fingerprint density at radius 2 is 1.65 bits per heavy atom. The maximum atomic E-state index is 11.5. The fourth-order valence-corrected chi connectivity index (χ4v) is 5.29. The molecule has 0 aromatic heterocycles. The van der Waals surface area contributed by atoms with E-state index in [2.05, 4.69) is 5.43 Å². The molecule has 1 heterocycles. The highest BCUT2D eigenvalue weighted by molar-refractivity contribution is 7.91. The van der Waals surface area contributed by atoms with Gasteiger partial charge in [0.2, 0.25) is 0 Å². The Hall–Kier alpha value is -0.130. The van der Waals surface area contributed by atoms with Crippen LogP contribution in [0.15, 0.2) is 0 Å². The van der Waals surface area contributed by atoms with Gasteiger partial charge in [0.05, 0.1) is 11.5 Å². The molecule has 0 bridgehead atoms. The summed E-state index contributed by atoms with van der Waals surface area (Å²) >= 11 is 0. The van der Waals surface area contributed by atoms with E-state index in [0.29, 0.717) is 17.4 Å². The quantitative estimate of drug-likeness (QED) is 0.455. The highest BCUT2D eigenvalue weighted by Gasteiger charge is 2.36. The molecule has 1 saturated carbocycles. The summed E-state index contributed by atoms with van der Waals surface area (Å²) in [6.45, 7) is 0. The van der Waals surface area contributed by atoms with Gasteiger partial charge in [-0.2, -0.15) is 0 Å². The molecule has 2 unspecified atom stereocenters. The number of nitrogens with two attached hydrogens (primary N) is 1. The van der Waals surface area contributed by atoms with Crippen LogP contribution in [0.1, 0.15) is 44.9 Å². The normalized spacial score (nSPS) is 32.2. The maximum absolute atomic E-state index is 11.5. The van der Waals surface area contributed by atoms with Crippen molar-refractivity contribution in [3.05, 3.63) is 0 Å². The Bertz CT molecular complexity index is 334. The maximum Gasteiger partial charge on any atom is 0.150 e. The number of rotatable bonds is 3. The molecule has 2 atom stereocenters. The predicted molar refractivity (Wildman–Crippen MR) is 69.1 cm³/mol. The summed E-state index contributed by atoms with van der Waals surface area (Å²) in [7, 11) is -2.79. The van der Waals surface area contributed by atoms with Crippen LogP contribution in [0.4, 0.5) is 0 Å². The van der Waals surface area contributed by atoms with Crippen LogP contribution >= 0.6 is 0 Å². The minimum atomic E-state index is -2.79. The Labute approximate surface area is 104 Å². The van der Waals surface area contributed by atoms with Gasteiger partial charge in [-0.25, -0.2) is 8.42 Å². The molecule has 3 N–H and O–H groups in total. The molecule has 1 saturated heterocycles. The summed E-state index contributed by atoms with van der Waals surface area (Å²) in [4.78, 5) is 0. The number of hydrazine groups is 1. The van der Waals surface area contributed by atoms with Gasteiger partial charge < -0.3 is 0 Å². The predicted octanol–water partition coefficient (Wildman–Crippen LogP) is 1.22. The van der Waals surface area contributed by atoms with Crippen molar-refractivity contribution in [2.45, 2.75) is 51.0 Å². The smallest absolute Gasteiger partial charge is 0.150 e. The average Bonchev–Trinajstić information content (AvgIpc) is 2.53. The van der Waals surface area contributed by atoms with Crippen LogP contribution in [-0.2, 0) is 9.84 Å². The van der Waals surface area contributed by atoms with E-state index in [4.69, 9.17) is 5.84 Å². The lowest BCUT2D eigenvalue weighted by Gasteiger charge is -2.30. The molecule has 17 heavy (non-hydrogen) atoms.